The average Bonchev–Trinajstić information content (AvgIpc) is 3.40. The Morgan fingerprint density at radius 3 is 2.60 bits per heavy atom. The predicted molar refractivity (Wildman–Crippen MR) is 162 cm³/mol. The normalized spacial score (nSPS) is 15.6. The van der Waals surface area contributed by atoms with Gasteiger partial charge in [0.2, 0.25) is 5.28 Å². The number of halogens is 5. The summed E-state index contributed by atoms with van der Waals surface area (Å²) in [5, 5.41) is 0.104. The van der Waals surface area contributed by atoms with Crippen LogP contribution < -0.4 is 4.72 Å². The van der Waals surface area contributed by atoms with Crippen molar-refractivity contribution in [2.45, 2.75) is 37.3 Å². The van der Waals surface area contributed by atoms with Crippen LogP contribution in [0.25, 0.3) is 21.8 Å². The Hall–Kier alpha value is -3.50. The molecule has 1 fully saturated rings. The molecule has 1 amide bonds. The van der Waals surface area contributed by atoms with Gasteiger partial charge in [0.1, 0.15) is 33.2 Å². The lowest BCUT2D eigenvalue weighted by Crippen LogP contribution is -2.45. The van der Waals surface area contributed by atoms with Gasteiger partial charge in [0, 0.05) is 23.3 Å². The van der Waals surface area contributed by atoms with Crippen molar-refractivity contribution in [3.8, 4) is 21.8 Å². The zero-order chi connectivity index (χ0) is 32.7. The Kier molecular flexibility index (Phi) is 9.29. The monoisotopic (exact) mass is 701 g/mol. The van der Waals surface area contributed by atoms with E-state index in [-0.39, 0.29) is 51.9 Å². The molecule has 17 heteroatoms. The third kappa shape index (κ3) is 7.33. The molecule has 1 unspecified atom stereocenters. The average molecular weight is 703 g/mol. The summed E-state index contributed by atoms with van der Waals surface area (Å²) in [6.07, 6.45) is 0.779. The van der Waals surface area contributed by atoms with Crippen LogP contribution in [0, 0.1) is 17.5 Å². The predicted octanol–water partition coefficient (Wildman–Crippen LogP) is 7.10. The molecule has 0 aliphatic carbocycles. The lowest BCUT2D eigenvalue weighted by Gasteiger charge is -2.35. The second kappa shape index (κ2) is 12.7. The first-order valence-corrected chi connectivity index (χ1v) is 16.2. The topological polar surface area (TPSA) is 124 Å². The lowest BCUT2D eigenvalue weighted by molar-refractivity contribution is -0.0331. The van der Waals surface area contributed by atoms with Gasteiger partial charge in [-0.1, -0.05) is 11.6 Å². The van der Waals surface area contributed by atoms with Crippen LogP contribution in [-0.2, 0) is 19.5 Å². The highest BCUT2D eigenvalue weighted by molar-refractivity contribution is 7.92. The molecular weight excluding hydrogens is 678 g/mol. The Balaban J connectivity index is 1.63. The van der Waals surface area contributed by atoms with Crippen molar-refractivity contribution in [2.75, 3.05) is 24.5 Å². The highest BCUT2D eigenvalue weighted by Gasteiger charge is 2.36. The third-order valence-corrected chi connectivity index (χ3v) is 9.22. The van der Waals surface area contributed by atoms with E-state index >= 15 is 4.39 Å². The summed E-state index contributed by atoms with van der Waals surface area (Å²) in [7, 11) is -4.81. The van der Waals surface area contributed by atoms with E-state index in [1.807, 2.05) is 4.72 Å². The number of rotatable bonds is 6. The fourth-order valence-electron chi connectivity index (χ4n) is 4.36. The lowest BCUT2D eigenvalue weighted by atomic mass is 10.1. The maximum absolute atomic E-state index is 16.2. The van der Waals surface area contributed by atoms with Crippen LogP contribution in [-0.4, -0.2) is 59.7 Å². The number of aromatic nitrogens is 3. The van der Waals surface area contributed by atoms with Crippen LogP contribution >= 0.6 is 34.5 Å². The van der Waals surface area contributed by atoms with Crippen LogP contribution in [0.1, 0.15) is 31.8 Å². The van der Waals surface area contributed by atoms with Gasteiger partial charge in [-0.3, -0.25) is 9.62 Å². The van der Waals surface area contributed by atoms with Crippen LogP contribution in [0.5, 0.6) is 0 Å². The van der Waals surface area contributed by atoms with Gasteiger partial charge in [-0.2, -0.15) is 0 Å². The first kappa shape index (κ1) is 32.9. The van der Waals surface area contributed by atoms with Crippen molar-refractivity contribution >= 4 is 56.3 Å². The zero-order valence-corrected chi connectivity index (χ0v) is 26.9. The molecule has 1 aliphatic heterocycles. The van der Waals surface area contributed by atoms with E-state index in [2.05, 4.69) is 15.0 Å². The van der Waals surface area contributed by atoms with Gasteiger partial charge in [0.05, 0.1) is 35.2 Å². The van der Waals surface area contributed by atoms with Gasteiger partial charge in [0.25, 0.3) is 10.0 Å². The highest BCUT2D eigenvalue weighted by atomic mass is 35.5. The Morgan fingerprint density at radius 1 is 1.13 bits per heavy atom. The van der Waals surface area contributed by atoms with Crippen molar-refractivity contribution < 1.29 is 35.9 Å². The highest BCUT2D eigenvalue weighted by Crippen LogP contribution is 2.43. The number of nitrogens with one attached hydrogen (secondary N) is 1. The maximum Gasteiger partial charge on any atom is 0.411 e. The minimum atomic E-state index is -4.81. The number of amides is 1. The van der Waals surface area contributed by atoms with Crippen molar-refractivity contribution in [1.82, 2.24) is 19.9 Å². The molecule has 2 aromatic heterocycles. The smallest absolute Gasteiger partial charge is 0.411 e. The van der Waals surface area contributed by atoms with Crippen LogP contribution in [0.2, 0.25) is 10.3 Å². The molecule has 10 nitrogen and oxygen atoms in total. The second-order valence-corrected chi connectivity index (χ2v) is 14.2. The summed E-state index contributed by atoms with van der Waals surface area (Å²) < 4.78 is 83.5. The fraction of sp³-hybridized carbons (Fsp3) is 0.286. The van der Waals surface area contributed by atoms with Crippen molar-refractivity contribution in [1.29, 1.82) is 0 Å². The van der Waals surface area contributed by atoms with Crippen molar-refractivity contribution in [3.63, 3.8) is 0 Å². The minimum Gasteiger partial charge on any atom is -0.444 e. The van der Waals surface area contributed by atoms with Crippen LogP contribution in [0.15, 0.2) is 47.5 Å². The largest absolute Gasteiger partial charge is 0.444 e. The molecule has 1 N–H and O–H groups in total. The first-order valence-electron chi connectivity index (χ1n) is 13.2. The second-order valence-electron chi connectivity index (χ2n) is 10.7. The van der Waals surface area contributed by atoms with Crippen molar-refractivity contribution in [3.05, 3.63) is 75.4 Å². The van der Waals surface area contributed by atoms with Gasteiger partial charge in [-0.15, -0.1) is 11.3 Å². The first-order chi connectivity index (χ1) is 21.1. The molecule has 5 rings (SSSR count). The number of benzene rings is 2. The molecule has 0 bridgehead atoms. The number of hydrogen-bond acceptors (Lipinski definition) is 9. The van der Waals surface area contributed by atoms with Crippen LogP contribution in [0.3, 0.4) is 0 Å². The van der Waals surface area contributed by atoms with Gasteiger partial charge < -0.3 is 9.47 Å². The van der Waals surface area contributed by atoms with Gasteiger partial charge in [-0.25, -0.2) is 41.3 Å². The molecule has 1 aliphatic rings. The molecule has 4 aromatic rings. The van der Waals surface area contributed by atoms with E-state index in [0.29, 0.717) is 17.1 Å². The third-order valence-electron chi connectivity index (χ3n) is 6.26. The molecule has 0 saturated carbocycles. The summed E-state index contributed by atoms with van der Waals surface area (Å²) in [4.78, 5) is 26.6. The molecular formula is C28H24Cl2F3N5O5S2. The molecule has 238 valence electrons. The molecule has 1 atom stereocenters. The molecule has 0 spiro atoms. The molecule has 3 heterocycles. The van der Waals surface area contributed by atoms with E-state index < -0.39 is 55.8 Å². The Labute approximate surface area is 270 Å². The zero-order valence-electron chi connectivity index (χ0n) is 23.8. The van der Waals surface area contributed by atoms with E-state index in [4.69, 9.17) is 32.7 Å². The molecule has 2 aromatic carbocycles. The number of hydrogen-bond donors (Lipinski definition) is 1. The Bertz CT molecular complexity index is 1890. The quantitative estimate of drug-likeness (QED) is 0.211. The van der Waals surface area contributed by atoms with E-state index in [1.165, 1.54) is 23.2 Å². The fourth-order valence-corrected chi connectivity index (χ4v) is 7.02. The minimum absolute atomic E-state index is 0.0168. The van der Waals surface area contributed by atoms with E-state index in [9.17, 15) is 22.0 Å². The number of carbonyl (C=O) groups is 1. The summed E-state index contributed by atoms with van der Waals surface area (Å²) in [6, 6.07) is 4.81. The molecule has 0 radical (unpaired) electrons. The number of morpholine rings is 1. The van der Waals surface area contributed by atoms with Gasteiger partial charge in [0.15, 0.2) is 5.82 Å². The van der Waals surface area contributed by atoms with Crippen molar-refractivity contribution in [2.24, 2.45) is 0 Å². The SMILES string of the molecule is CC(C)(C)OC(=O)N1CCOCC1c1nc(-c2cc(Cl)cc(NS(=O)(=O)c3cc(F)ccc3F)c2F)c(-c2ccnc(Cl)n2)s1. The summed E-state index contributed by atoms with van der Waals surface area (Å²) >= 11 is 13.4. The van der Waals surface area contributed by atoms with Crippen LogP contribution in [0.4, 0.5) is 23.7 Å². The molecule has 1 saturated heterocycles. The Morgan fingerprint density at radius 2 is 1.89 bits per heavy atom. The number of thiazole rings is 1. The maximum atomic E-state index is 16.2. The summed E-state index contributed by atoms with van der Waals surface area (Å²) in [5.41, 5.74) is -1.46. The standard InChI is InChI=1S/C28H24Cl2F3N5O5S2/c1-28(2,3)43-27(39)38-8-9-42-13-20(38)25-36-23(24(44-25)18-6-7-34-26(30)35-18)16-10-14(29)11-19(22(16)33)37-45(40,41)21-12-15(31)4-5-17(21)32/h4-7,10-12,20,37H,8-9,13H2,1-3H3. The van der Waals surface area contributed by atoms with E-state index in [1.54, 1.807) is 20.8 Å². The number of sulfonamides is 1. The van der Waals surface area contributed by atoms with E-state index in [0.717, 1.165) is 23.5 Å². The summed E-state index contributed by atoms with van der Waals surface area (Å²) in [6.45, 7) is 5.69. The molecule has 45 heavy (non-hydrogen) atoms. The number of nitrogens with zero attached hydrogens (tertiary/aromatic N) is 4. The number of ether oxygens (including phenoxy) is 2. The number of carbonyl (C=O) groups excluding carboxylic acids is 1. The van der Waals surface area contributed by atoms with Gasteiger partial charge >= 0.3 is 6.09 Å². The number of anilines is 1. The summed E-state index contributed by atoms with van der Waals surface area (Å²) in [5.74, 6) is -3.39. The van der Waals surface area contributed by atoms with Gasteiger partial charge in [-0.05, 0) is 68.8 Å².